The Morgan fingerprint density at radius 3 is 2.32 bits per heavy atom. The second-order valence-electron chi connectivity index (χ2n) is 4.68. The van der Waals surface area contributed by atoms with Gasteiger partial charge in [0.1, 0.15) is 0 Å². The first-order valence-electron chi connectivity index (χ1n) is 6.48. The van der Waals surface area contributed by atoms with Crippen molar-refractivity contribution in [3.63, 3.8) is 0 Å². The average molecular weight is 319 g/mol. The molecule has 0 radical (unpaired) electrons. The molecule has 0 aliphatic rings. The van der Waals surface area contributed by atoms with Gasteiger partial charge >= 0.3 is 0 Å². The third-order valence-corrected chi connectivity index (χ3v) is 3.54. The molecule has 0 aromatic heterocycles. The molecule has 0 aliphatic carbocycles. The number of hydrogen-bond donors (Lipinski definition) is 1. The second kappa shape index (κ2) is 6.73. The van der Waals surface area contributed by atoms with Crippen LogP contribution in [0.4, 0.5) is 5.69 Å². The highest BCUT2D eigenvalue weighted by Crippen LogP contribution is 2.19. The highest BCUT2D eigenvalue weighted by atomic mass is 79.9. The molecule has 19 heavy (non-hydrogen) atoms. The lowest BCUT2D eigenvalue weighted by molar-refractivity contribution is 0.271. The first kappa shape index (κ1) is 14.1. The Balaban J connectivity index is 2.06. The topological polar surface area (TPSA) is 29.3 Å². The van der Waals surface area contributed by atoms with Crippen LogP contribution < -0.4 is 5.73 Å². The molecule has 0 atom stereocenters. The van der Waals surface area contributed by atoms with Gasteiger partial charge in [-0.1, -0.05) is 53.2 Å². The van der Waals surface area contributed by atoms with Gasteiger partial charge in [0.15, 0.2) is 0 Å². The van der Waals surface area contributed by atoms with Crippen LogP contribution in [0.15, 0.2) is 53.0 Å². The standard InChI is InChI=1S/C16H19BrN2/c1-2-19(11-13-6-4-3-5-7-13)12-14-8-15(17)10-16(18)9-14/h3-10H,2,11-12,18H2,1H3. The molecule has 2 aromatic rings. The maximum absolute atomic E-state index is 5.88. The predicted molar refractivity (Wildman–Crippen MR) is 84.8 cm³/mol. The summed E-state index contributed by atoms with van der Waals surface area (Å²) >= 11 is 3.49. The van der Waals surface area contributed by atoms with E-state index in [0.717, 1.165) is 29.8 Å². The van der Waals surface area contributed by atoms with Crippen LogP contribution in [0.25, 0.3) is 0 Å². The van der Waals surface area contributed by atoms with Gasteiger partial charge in [-0.05, 0) is 35.9 Å². The number of anilines is 1. The molecule has 2 nitrogen and oxygen atoms in total. The summed E-state index contributed by atoms with van der Waals surface area (Å²) < 4.78 is 1.04. The van der Waals surface area contributed by atoms with Crippen LogP contribution in [0.2, 0.25) is 0 Å². The first-order chi connectivity index (χ1) is 9.17. The summed E-state index contributed by atoms with van der Waals surface area (Å²) in [7, 11) is 0. The fraction of sp³-hybridized carbons (Fsp3) is 0.250. The lowest BCUT2D eigenvalue weighted by Crippen LogP contribution is -2.22. The molecule has 0 spiro atoms. The van der Waals surface area contributed by atoms with Gasteiger partial charge in [-0.2, -0.15) is 0 Å². The summed E-state index contributed by atoms with van der Waals surface area (Å²) in [5.41, 5.74) is 9.27. The first-order valence-corrected chi connectivity index (χ1v) is 7.28. The van der Waals surface area contributed by atoms with Gasteiger partial charge in [0, 0.05) is 23.2 Å². The number of benzene rings is 2. The molecular weight excluding hydrogens is 300 g/mol. The maximum atomic E-state index is 5.88. The number of rotatable bonds is 5. The predicted octanol–water partition coefficient (Wildman–Crippen LogP) is 4.05. The average Bonchev–Trinajstić information content (AvgIpc) is 2.38. The van der Waals surface area contributed by atoms with E-state index in [9.17, 15) is 0 Å². The van der Waals surface area contributed by atoms with Gasteiger partial charge in [0.2, 0.25) is 0 Å². The lowest BCUT2D eigenvalue weighted by atomic mass is 10.1. The summed E-state index contributed by atoms with van der Waals surface area (Å²) in [6.45, 7) is 5.07. The minimum absolute atomic E-state index is 0.806. The molecule has 3 heteroatoms. The van der Waals surface area contributed by atoms with Gasteiger partial charge in [-0.15, -0.1) is 0 Å². The minimum Gasteiger partial charge on any atom is -0.399 e. The smallest absolute Gasteiger partial charge is 0.0328 e. The third kappa shape index (κ3) is 4.37. The van der Waals surface area contributed by atoms with Crippen LogP contribution >= 0.6 is 15.9 Å². The van der Waals surface area contributed by atoms with Crippen molar-refractivity contribution in [1.29, 1.82) is 0 Å². The van der Waals surface area contributed by atoms with E-state index in [1.54, 1.807) is 0 Å². The van der Waals surface area contributed by atoms with Gasteiger partial charge < -0.3 is 5.73 Å². The summed E-state index contributed by atoms with van der Waals surface area (Å²) in [4.78, 5) is 2.40. The van der Waals surface area contributed by atoms with Crippen molar-refractivity contribution in [3.05, 3.63) is 64.1 Å². The van der Waals surface area contributed by atoms with Crippen molar-refractivity contribution in [1.82, 2.24) is 4.90 Å². The molecule has 0 heterocycles. The molecule has 2 N–H and O–H groups in total. The van der Waals surface area contributed by atoms with Crippen LogP contribution in [0, 0.1) is 0 Å². The molecule has 0 bridgehead atoms. The number of nitrogens with zero attached hydrogens (tertiary/aromatic N) is 1. The van der Waals surface area contributed by atoms with Crippen LogP contribution in [-0.4, -0.2) is 11.4 Å². The Bertz CT molecular complexity index is 505. The van der Waals surface area contributed by atoms with E-state index in [1.807, 2.05) is 12.1 Å². The van der Waals surface area contributed by atoms with E-state index >= 15 is 0 Å². The zero-order chi connectivity index (χ0) is 13.7. The van der Waals surface area contributed by atoms with E-state index in [1.165, 1.54) is 11.1 Å². The summed E-state index contributed by atoms with van der Waals surface area (Å²) in [6, 6.07) is 16.6. The van der Waals surface area contributed by atoms with E-state index in [-0.39, 0.29) is 0 Å². The van der Waals surface area contributed by atoms with Crippen molar-refractivity contribution in [2.75, 3.05) is 12.3 Å². The van der Waals surface area contributed by atoms with Crippen LogP contribution in [0.1, 0.15) is 18.1 Å². The molecule has 2 aromatic carbocycles. The fourth-order valence-electron chi connectivity index (χ4n) is 2.15. The Morgan fingerprint density at radius 2 is 1.68 bits per heavy atom. The van der Waals surface area contributed by atoms with Crippen molar-refractivity contribution in [3.8, 4) is 0 Å². The van der Waals surface area contributed by atoms with E-state index in [4.69, 9.17) is 5.73 Å². The molecule has 0 unspecified atom stereocenters. The quantitative estimate of drug-likeness (QED) is 0.842. The van der Waals surface area contributed by atoms with Gasteiger partial charge in [0.25, 0.3) is 0 Å². The van der Waals surface area contributed by atoms with Crippen molar-refractivity contribution in [2.45, 2.75) is 20.0 Å². The molecular formula is C16H19BrN2. The molecule has 0 saturated heterocycles. The second-order valence-corrected chi connectivity index (χ2v) is 5.60. The van der Waals surface area contributed by atoms with Crippen molar-refractivity contribution < 1.29 is 0 Å². The number of nitrogens with two attached hydrogens (primary N) is 1. The number of hydrogen-bond acceptors (Lipinski definition) is 2. The fourth-order valence-corrected chi connectivity index (χ4v) is 2.70. The van der Waals surface area contributed by atoms with Gasteiger partial charge in [-0.25, -0.2) is 0 Å². The maximum Gasteiger partial charge on any atom is 0.0328 e. The van der Waals surface area contributed by atoms with E-state index in [2.05, 4.69) is 64.2 Å². The molecule has 100 valence electrons. The SMILES string of the molecule is CCN(Cc1ccccc1)Cc1cc(N)cc(Br)c1. The summed E-state index contributed by atoms with van der Waals surface area (Å²) in [5.74, 6) is 0. The minimum atomic E-state index is 0.806. The number of halogens is 1. The lowest BCUT2D eigenvalue weighted by Gasteiger charge is -2.21. The van der Waals surface area contributed by atoms with E-state index < -0.39 is 0 Å². The van der Waals surface area contributed by atoms with Crippen molar-refractivity contribution >= 4 is 21.6 Å². The zero-order valence-electron chi connectivity index (χ0n) is 11.1. The van der Waals surface area contributed by atoms with Gasteiger partial charge in [0.05, 0.1) is 0 Å². The van der Waals surface area contributed by atoms with Gasteiger partial charge in [-0.3, -0.25) is 4.90 Å². The Labute approximate surface area is 123 Å². The normalized spacial score (nSPS) is 10.9. The Morgan fingerprint density at radius 1 is 1.00 bits per heavy atom. The van der Waals surface area contributed by atoms with Crippen LogP contribution in [-0.2, 0) is 13.1 Å². The molecule has 0 fully saturated rings. The van der Waals surface area contributed by atoms with Crippen LogP contribution in [0.5, 0.6) is 0 Å². The Hall–Kier alpha value is -1.32. The molecule has 0 amide bonds. The highest BCUT2D eigenvalue weighted by molar-refractivity contribution is 9.10. The van der Waals surface area contributed by atoms with E-state index in [0.29, 0.717) is 0 Å². The largest absolute Gasteiger partial charge is 0.399 e. The van der Waals surface area contributed by atoms with Crippen molar-refractivity contribution in [2.24, 2.45) is 0 Å². The monoisotopic (exact) mass is 318 g/mol. The molecule has 0 aliphatic heterocycles. The zero-order valence-corrected chi connectivity index (χ0v) is 12.7. The number of nitrogen functional groups attached to an aromatic ring is 1. The summed E-state index contributed by atoms with van der Waals surface area (Å²) in [5, 5.41) is 0. The highest BCUT2D eigenvalue weighted by Gasteiger charge is 2.06. The van der Waals surface area contributed by atoms with Crippen LogP contribution in [0.3, 0.4) is 0 Å². The summed E-state index contributed by atoms with van der Waals surface area (Å²) in [6.07, 6.45) is 0. The molecule has 0 saturated carbocycles. The third-order valence-electron chi connectivity index (χ3n) is 3.08. The molecule has 2 rings (SSSR count). The Kier molecular flexibility index (Phi) is 5.00.